The first-order chi connectivity index (χ1) is 15.7. The van der Waals surface area contributed by atoms with E-state index in [-0.39, 0.29) is 0 Å². The second-order valence-corrected chi connectivity index (χ2v) is 8.42. The summed E-state index contributed by atoms with van der Waals surface area (Å²) in [4.78, 5) is 4.18. The van der Waals surface area contributed by atoms with Crippen LogP contribution in [0.25, 0.3) is 11.1 Å². The van der Waals surface area contributed by atoms with Crippen molar-refractivity contribution in [2.24, 2.45) is 22.9 Å². The number of rotatable bonds is 17. The van der Waals surface area contributed by atoms with E-state index in [1.165, 1.54) is 22.3 Å². The number of nitrogens with zero attached hydrogens (tertiary/aromatic N) is 1. The fourth-order valence-electron chi connectivity index (χ4n) is 4.05. The summed E-state index contributed by atoms with van der Waals surface area (Å²) in [5.74, 6) is 0. The van der Waals surface area contributed by atoms with Gasteiger partial charge in [0, 0.05) is 24.5 Å². The Morgan fingerprint density at radius 2 is 1.16 bits per heavy atom. The van der Waals surface area contributed by atoms with E-state index in [1.807, 2.05) is 12.4 Å². The smallest absolute Gasteiger partial charge is 0.0273 e. The van der Waals surface area contributed by atoms with Gasteiger partial charge in [-0.3, -0.25) is 4.98 Å². The number of hydrogen-bond donors (Lipinski definition) is 6. The summed E-state index contributed by atoms with van der Waals surface area (Å²) >= 11 is 0. The molecule has 1 aromatic carbocycles. The van der Waals surface area contributed by atoms with Crippen molar-refractivity contribution in [1.82, 2.24) is 15.6 Å². The number of aromatic nitrogens is 1. The molecule has 2 unspecified atom stereocenters. The summed E-state index contributed by atoms with van der Waals surface area (Å²) in [5.41, 5.74) is 28.2. The molecule has 2 atom stereocenters. The van der Waals surface area contributed by atoms with Crippen LogP contribution in [-0.2, 0) is 12.8 Å². The minimum Gasteiger partial charge on any atom is -0.330 e. The normalized spacial score (nSPS) is 13.2. The molecule has 0 aliphatic rings. The first kappa shape index (κ1) is 26.4. The maximum absolute atomic E-state index is 5.89. The van der Waals surface area contributed by atoms with Gasteiger partial charge in [0.25, 0.3) is 0 Å². The average molecular weight is 442 g/mol. The lowest BCUT2D eigenvalue weighted by molar-refractivity contribution is 0.475. The zero-order valence-electron chi connectivity index (χ0n) is 19.4. The van der Waals surface area contributed by atoms with Crippen LogP contribution in [0.3, 0.4) is 0 Å². The second kappa shape index (κ2) is 15.9. The highest BCUT2D eigenvalue weighted by Crippen LogP contribution is 2.24. The molecule has 32 heavy (non-hydrogen) atoms. The van der Waals surface area contributed by atoms with Gasteiger partial charge in [-0.15, -0.1) is 0 Å². The second-order valence-electron chi connectivity index (χ2n) is 8.42. The van der Waals surface area contributed by atoms with Crippen LogP contribution in [0.2, 0.25) is 0 Å². The molecule has 178 valence electrons. The van der Waals surface area contributed by atoms with Gasteiger partial charge in [-0.1, -0.05) is 18.2 Å². The highest BCUT2D eigenvalue weighted by molar-refractivity contribution is 5.64. The van der Waals surface area contributed by atoms with Crippen molar-refractivity contribution in [1.29, 1.82) is 0 Å². The van der Waals surface area contributed by atoms with Crippen molar-refractivity contribution in [2.45, 2.75) is 50.6 Å². The Kier molecular flexibility index (Phi) is 13.1. The zero-order chi connectivity index (χ0) is 23.0. The maximum Gasteiger partial charge on any atom is 0.0273 e. The van der Waals surface area contributed by atoms with Crippen LogP contribution in [0.15, 0.2) is 42.7 Å². The molecular formula is C25H43N7. The summed E-state index contributed by atoms with van der Waals surface area (Å²) in [7, 11) is 0. The summed E-state index contributed by atoms with van der Waals surface area (Å²) in [6.07, 6.45) is 9.40. The lowest BCUT2D eigenvalue weighted by Crippen LogP contribution is -2.35. The van der Waals surface area contributed by atoms with Gasteiger partial charge in [0.2, 0.25) is 0 Å². The molecule has 0 spiro atoms. The van der Waals surface area contributed by atoms with Gasteiger partial charge in [0.05, 0.1) is 0 Å². The minimum absolute atomic E-state index is 0.342. The monoisotopic (exact) mass is 441 g/mol. The van der Waals surface area contributed by atoms with Crippen molar-refractivity contribution in [3.05, 3.63) is 53.9 Å². The van der Waals surface area contributed by atoms with Crippen molar-refractivity contribution in [2.75, 3.05) is 39.3 Å². The van der Waals surface area contributed by atoms with Crippen molar-refractivity contribution >= 4 is 0 Å². The summed E-state index contributed by atoms with van der Waals surface area (Å²) in [6, 6.07) is 11.8. The van der Waals surface area contributed by atoms with Gasteiger partial charge in [-0.2, -0.15) is 0 Å². The maximum atomic E-state index is 5.89. The predicted molar refractivity (Wildman–Crippen MR) is 135 cm³/mol. The van der Waals surface area contributed by atoms with Crippen molar-refractivity contribution < 1.29 is 0 Å². The van der Waals surface area contributed by atoms with Crippen LogP contribution < -0.4 is 33.6 Å². The Bertz CT molecular complexity index is 698. The number of nitrogens with two attached hydrogens (primary N) is 4. The van der Waals surface area contributed by atoms with Gasteiger partial charge in [-0.05, 0) is 112 Å². The molecule has 7 heteroatoms. The number of benzene rings is 1. The topological polar surface area (TPSA) is 141 Å². The highest BCUT2D eigenvalue weighted by atomic mass is 14.9. The molecule has 0 fully saturated rings. The van der Waals surface area contributed by atoms with Crippen LogP contribution in [0.5, 0.6) is 0 Å². The van der Waals surface area contributed by atoms with E-state index < -0.39 is 0 Å². The van der Waals surface area contributed by atoms with Crippen LogP contribution in [0.1, 0.15) is 36.8 Å². The van der Waals surface area contributed by atoms with Gasteiger partial charge < -0.3 is 33.6 Å². The van der Waals surface area contributed by atoms with Crippen LogP contribution in [-0.4, -0.2) is 56.3 Å². The summed E-state index contributed by atoms with van der Waals surface area (Å²) in [6.45, 7) is 4.57. The molecule has 2 aromatic rings. The van der Waals surface area contributed by atoms with E-state index in [4.69, 9.17) is 22.9 Å². The Balaban J connectivity index is 2.25. The number of hydrogen-bond acceptors (Lipinski definition) is 7. The van der Waals surface area contributed by atoms with Gasteiger partial charge in [0.1, 0.15) is 0 Å². The Morgan fingerprint density at radius 3 is 1.59 bits per heavy atom. The molecule has 0 aliphatic heterocycles. The molecule has 1 heterocycles. The molecule has 0 bridgehead atoms. The molecular weight excluding hydrogens is 398 g/mol. The van der Waals surface area contributed by atoms with Crippen molar-refractivity contribution in [3.8, 4) is 11.1 Å². The Morgan fingerprint density at radius 1 is 0.656 bits per heavy atom. The third kappa shape index (κ3) is 9.73. The van der Waals surface area contributed by atoms with E-state index in [0.717, 1.165) is 51.6 Å². The highest BCUT2D eigenvalue weighted by Gasteiger charge is 2.13. The first-order valence-electron chi connectivity index (χ1n) is 12.0. The Hall–Kier alpha value is -1.87. The van der Waals surface area contributed by atoms with E-state index in [1.54, 1.807) is 0 Å². The lowest BCUT2D eigenvalue weighted by atomic mass is 9.93. The number of nitrogens with one attached hydrogen (secondary N) is 2. The predicted octanol–water partition coefficient (Wildman–Crippen LogP) is 1.15. The SMILES string of the molecule is NCCCNC(CCN)Cc1cc(CC(CCN)NCCCN)cc(-c2ccncc2)c1. The Labute approximate surface area is 193 Å². The van der Waals surface area contributed by atoms with Crippen molar-refractivity contribution in [3.63, 3.8) is 0 Å². The zero-order valence-corrected chi connectivity index (χ0v) is 19.4. The van der Waals surface area contributed by atoms with Gasteiger partial charge >= 0.3 is 0 Å². The summed E-state index contributed by atoms with van der Waals surface area (Å²) in [5, 5.41) is 7.27. The molecule has 7 nitrogen and oxygen atoms in total. The molecule has 0 radical (unpaired) electrons. The van der Waals surface area contributed by atoms with Gasteiger partial charge in [-0.25, -0.2) is 0 Å². The molecule has 10 N–H and O–H groups in total. The summed E-state index contributed by atoms with van der Waals surface area (Å²) < 4.78 is 0. The molecule has 0 saturated carbocycles. The van der Waals surface area contributed by atoms with E-state index in [0.29, 0.717) is 38.3 Å². The van der Waals surface area contributed by atoms with Gasteiger partial charge in [0.15, 0.2) is 0 Å². The average Bonchev–Trinajstić information content (AvgIpc) is 2.80. The van der Waals surface area contributed by atoms with E-state index >= 15 is 0 Å². The largest absolute Gasteiger partial charge is 0.330 e. The quantitative estimate of drug-likeness (QED) is 0.202. The van der Waals surface area contributed by atoms with Crippen LogP contribution in [0.4, 0.5) is 0 Å². The molecule has 0 saturated heterocycles. The fourth-order valence-corrected chi connectivity index (χ4v) is 4.05. The molecule has 0 aliphatic carbocycles. The first-order valence-corrected chi connectivity index (χ1v) is 12.0. The van der Waals surface area contributed by atoms with Crippen LogP contribution in [0, 0.1) is 0 Å². The van der Waals surface area contributed by atoms with E-state index in [9.17, 15) is 0 Å². The standard InChI is InChI=1S/C25H43N7/c26-7-1-11-31-24(3-9-28)18-20-15-21(19-25(4-10-29)32-12-2-8-27)17-23(16-20)22-5-13-30-14-6-22/h5-6,13-17,24-25,31-32H,1-4,7-12,18-19,26-29H2. The molecule has 1 aromatic heterocycles. The fraction of sp³-hybridized carbons (Fsp3) is 0.560. The minimum atomic E-state index is 0.342. The molecule has 2 rings (SSSR count). The number of pyridine rings is 1. The third-order valence-corrected chi connectivity index (χ3v) is 5.69. The third-order valence-electron chi connectivity index (χ3n) is 5.69. The molecule has 0 amide bonds. The lowest BCUT2D eigenvalue weighted by Gasteiger charge is -2.21. The van der Waals surface area contributed by atoms with Crippen LogP contribution >= 0.6 is 0 Å². The van der Waals surface area contributed by atoms with E-state index in [2.05, 4.69) is 45.9 Å².